The number of benzene rings is 2. The first-order chi connectivity index (χ1) is 14.5. The highest BCUT2D eigenvalue weighted by Gasteiger charge is 2.55. The second-order valence-electron chi connectivity index (χ2n) is 8.98. The summed E-state index contributed by atoms with van der Waals surface area (Å²) >= 11 is 0. The molecule has 5 rings (SSSR count). The Morgan fingerprint density at radius 2 is 1.87 bits per heavy atom. The zero-order valence-electron chi connectivity index (χ0n) is 17.1. The van der Waals surface area contributed by atoms with Gasteiger partial charge in [0, 0.05) is 5.92 Å². The number of rotatable bonds is 4. The number of cyclic esters (lactones) is 1. The summed E-state index contributed by atoms with van der Waals surface area (Å²) in [4.78, 5) is 25.1. The molecule has 0 amide bonds. The van der Waals surface area contributed by atoms with Gasteiger partial charge in [0.1, 0.15) is 5.75 Å². The molecule has 0 N–H and O–H groups in total. The van der Waals surface area contributed by atoms with Crippen molar-refractivity contribution in [3.8, 4) is 5.75 Å². The smallest absolute Gasteiger partial charge is 0.343 e. The van der Waals surface area contributed by atoms with Crippen LogP contribution < -0.4 is 4.74 Å². The number of ether oxygens (including phenoxy) is 2. The minimum absolute atomic E-state index is 0.109. The number of aryl methyl sites for hydroxylation is 2. The number of hydrogen-bond donors (Lipinski definition) is 0. The topological polar surface area (TPSA) is 52.6 Å². The van der Waals surface area contributed by atoms with Crippen molar-refractivity contribution in [1.82, 2.24) is 0 Å². The summed E-state index contributed by atoms with van der Waals surface area (Å²) in [5.74, 6) is 0.348. The van der Waals surface area contributed by atoms with E-state index in [2.05, 4.69) is 12.6 Å². The molecule has 1 aliphatic heterocycles. The predicted octanol–water partition coefficient (Wildman–Crippen LogP) is 4.84. The molecule has 2 aromatic rings. The maximum Gasteiger partial charge on any atom is 0.343 e. The van der Waals surface area contributed by atoms with E-state index >= 15 is 0 Å². The Balaban J connectivity index is 1.29. The van der Waals surface area contributed by atoms with Crippen molar-refractivity contribution < 1.29 is 19.1 Å². The number of fused-ring (bicyclic) bond motifs is 2. The SMILES string of the molecule is C=C1CC2COC(=O)C2(Cc2ccc(C(=O)Oc3ccc4c(c3)CCCC4)cc2)C1. The normalized spacial score (nSPS) is 24.9. The third kappa shape index (κ3) is 3.34. The van der Waals surface area contributed by atoms with Crippen LogP contribution in [0.2, 0.25) is 0 Å². The molecule has 1 heterocycles. The van der Waals surface area contributed by atoms with Gasteiger partial charge in [-0.3, -0.25) is 4.79 Å². The van der Waals surface area contributed by atoms with Gasteiger partial charge in [-0.1, -0.05) is 30.4 Å². The molecule has 0 radical (unpaired) electrons. The van der Waals surface area contributed by atoms with E-state index in [0.717, 1.165) is 30.4 Å². The van der Waals surface area contributed by atoms with Gasteiger partial charge in [0.05, 0.1) is 17.6 Å². The maximum atomic E-state index is 12.6. The van der Waals surface area contributed by atoms with Crippen LogP contribution in [0.5, 0.6) is 5.75 Å². The van der Waals surface area contributed by atoms with Gasteiger partial charge in [-0.05, 0) is 85.9 Å². The zero-order chi connectivity index (χ0) is 20.7. The molecule has 2 unspecified atom stereocenters. The molecule has 2 aromatic carbocycles. The van der Waals surface area contributed by atoms with E-state index in [1.54, 1.807) is 12.1 Å². The standard InChI is InChI=1S/C26H26O4/c1-17-12-22-16-29-25(28)26(22,14-17)15-18-6-8-20(9-7-18)24(27)30-23-11-10-19-4-2-3-5-21(19)13-23/h6-11,13,22H,1-5,12,14-16H2. The fourth-order valence-corrected chi connectivity index (χ4v) is 5.32. The fourth-order valence-electron chi connectivity index (χ4n) is 5.32. The van der Waals surface area contributed by atoms with E-state index in [-0.39, 0.29) is 17.9 Å². The summed E-state index contributed by atoms with van der Waals surface area (Å²) < 4.78 is 11.0. The number of esters is 2. The number of carbonyl (C=O) groups is 2. The molecule has 0 bridgehead atoms. The summed E-state index contributed by atoms with van der Waals surface area (Å²) in [6.07, 6.45) is 6.74. The van der Waals surface area contributed by atoms with Crippen molar-refractivity contribution in [3.05, 3.63) is 76.9 Å². The lowest BCUT2D eigenvalue weighted by Gasteiger charge is -2.24. The maximum absolute atomic E-state index is 12.6. The molecular weight excluding hydrogens is 376 g/mol. The van der Waals surface area contributed by atoms with Crippen molar-refractivity contribution in [2.75, 3.05) is 6.61 Å². The molecule has 2 aliphatic carbocycles. The Hall–Kier alpha value is -2.88. The molecule has 0 spiro atoms. The summed E-state index contributed by atoms with van der Waals surface area (Å²) in [6, 6.07) is 13.4. The quantitative estimate of drug-likeness (QED) is 0.417. The summed E-state index contributed by atoms with van der Waals surface area (Å²) in [6.45, 7) is 4.58. The molecule has 4 heteroatoms. The first kappa shape index (κ1) is 19.1. The van der Waals surface area contributed by atoms with Crippen LogP contribution in [0.4, 0.5) is 0 Å². The predicted molar refractivity (Wildman–Crippen MR) is 113 cm³/mol. The summed E-state index contributed by atoms with van der Waals surface area (Å²) in [5.41, 5.74) is 4.83. The van der Waals surface area contributed by atoms with Crippen LogP contribution in [0.3, 0.4) is 0 Å². The Bertz CT molecular complexity index is 1020. The van der Waals surface area contributed by atoms with E-state index in [9.17, 15) is 9.59 Å². The van der Waals surface area contributed by atoms with Crippen LogP contribution in [0, 0.1) is 11.3 Å². The third-order valence-corrected chi connectivity index (χ3v) is 6.94. The van der Waals surface area contributed by atoms with E-state index in [1.807, 2.05) is 24.3 Å². The van der Waals surface area contributed by atoms with Crippen LogP contribution in [0.25, 0.3) is 0 Å². The molecule has 2 atom stereocenters. The second-order valence-corrected chi connectivity index (χ2v) is 8.98. The highest BCUT2D eigenvalue weighted by Crippen LogP contribution is 2.52. The van der Waals surface area contributed by atoms with E-state index in [4.69, 9.17) is 9.47 Å². The van der Waals surface area contributed by atoms with Gasteiger partial charge in [-0.15, -0.1) is 0 Å². The van der Waals surface area contributed by atoms with Crippen LogP contribution in [-0.4, -0.2) is 18.5 Å². The number of hydrogen-bond acceptors (Lipinski definition) is 4. The van der Waals surface area contributed by atoms with Gasteiger partial charge < -0.3 is 9.47 Å². The molecule has 3 aliphatic rings. The zero-order valence-corrected chi connectivity index (χ0v) is 17.1. The monoisotopic (exact) mass is 402 g/mol. The van der Waals surface area contributed by atoms with E-state index < -0.39 is 5.41 Å². The molecule has 30 heavy (non-hydrogen) atoms. The van der Waals surface area contributed by atoms with Crippen molar-refractivity contribution in [2.24, 2.45) is 11.3 Å². The van der Waals surface area contributed by atoms with Crippen LogP contribution in [0.15, 0.2) is 54.6 Å². The summed E-state index contributed by atoms with van der Waals surface area (Å²) in [7, 11) is 0. The average molecular weight is 402 g/mol. The van der Waals surface area contributed by atoms with Crippen molar-refractivity contribution >= 4 is 11.9 Å². The minimum Gasteiger partial charge on any atom is -0.465 e. The van der Waals surface area contributed by atoms with Gasteiger partial charge in [-0.25, -0.2) is 4.79 Å². The minimum atomic E-state index is -0.484. The Morgan fingerprint density at radius 1 is 1.10 bits per heavy atom. The molecule has 154 valence electrons. The van der Waals surface area contributed by atoms with E-state index in [0.29, 0.717) is 30.8 Å². The van der Waals surface area contributed by atoms with Gasteiger partial charge in [0.2, 0.25) is 0 Å². The largest absolute Gasteiger partial charge is 0.465 e. The summed E-state index contributed by atoms with van der Waals surface area (Å²) in [5, 5.41) is 0. The highest BCUT2D eigenvalue weighted by molar-refractivity contribution is 5.91. The van der Waals surface area contributed by atoms with Gasteiger partial charge >= 0.3 is 11.9 Å². The molecule has 1 saturated heterocycles. The molecule has 1 saturated carbocycles. The van der Waals surface area contributed by atoms with Crippen molar-refractivity contribution in [3.63, 3.8) is 0 Å². The lowest BCUT2D eigenvalue weighted by atomic mass is 9.75. The lowest BCUT2D eigenvalue weighted by Crippen LogP contribution is -2.31. The number of carbonyl (C=O) groups excluding carboxylic acids is 2. The fraction of sp³-hybridized carbons (Fsp3) is 0.385. The Labute approximate surface area is 176 Å². The average Bonchev–Trinajstić information content (AvgIpc) is 3.22. The molecule has 4 nitrogen and oxygen atoms in total. The van der Waals surface area contributed by atoms with E-state index in [1.165, 1.54) is 24.0 Å². The Morgan fingerprint density at radius 3 is 2.67 bits per heavy atom. The molecule has 0 aromatic heterocycles. The first-order valence-corrected chi connectivity index (χ1v) is 10.8. The van der Waals surface area contributed by atoms with Gasteiger partial charge in [0.15, 0.2) is 0 Å². The Kier molecular flexibility index (Phi) is 4.73. The van der Waals surface area contributed by atoms with Crippen LogP contribution in [0.1, 0.15) is 52.7 Å². The van der Waals surface area contributed by atoms with Crippen LogP contribution in [-0.2, 0) is 28.8 Å². The van der Waals surface area contributed by atoms with Gasteiger partial charge in [-0.2, -0.15) is 0 Å². The number of allylic oxidation sites excluding steroid dienone is 1. The lowest BCUT2D eigenvalue weighted by molar-refractivity contribution is -0.146. The first-order valence-electron chi connectivity index (χ1n) is 10.8. The highest BCUT2D eigenvalue weighted by atomic mass is 16.5. The third-order valence-electron chi connectivity index (χ3n) is 6.94. The molecule has 2 fully saturated rings. The van der Waals surface area contributed by atoms with Gasteiger partial charge in [0.25, 0.3) is 0 Å². The van der Waals surface area contributed by atoms with Crippen molar-refractivity contribution in [2.45, 2.75) is 44.9 Å². The van der Waals surface area contributed by atoms with Crippen LogP contribution >= 0.6 is 0 Å². The molecular formula is C26H26O4. The second kappa shape index (κ2) is 7.42. The van der Waals surface area contributed by atoms with Crippen molar-refractivity contribution in [1.29, 1.82) is 0 Å².